The molecule has 2 aromatic heterocycles. The second-order valence-electron chi connectivity index (χ2n) is 7.29. The molecule has 1 aliphatic heterocycles. The second kappa shape index (κ2) is 6.30. The predicted octanol–water partition coefficient (Wildman–Crippen LogP) is 4.17. The van der Waals surface area contributed by atoms with Crippen LogP contribution in [0.25, 0.3) is 22.9 Å². The molecule has 6 nitrogen and oxygen atoms in total. The molecule has 160 valence electrons. The SMILES string of the molecule is C[C@H]1Cn2c(-c3ccc(C(F)(F)F)cc3)nnc2-c2cnc(C(C)(O)C(F)(F)F)n21. The molecule has 30 heavy (non-hydrogen) atoms. The van der Waals surface area contributed by atoms with E-state index in [4.69, 9.17) is 0 Å². The van der Waals surface area contributed by atoms with E-state index in [1.165, 1.54) is 22.9 Å². The van der Waals surface area contributed by atoms with Gasteiger partial charge in [0.15, 0.2) is 17.5 Å². The number of alkyl halides is 6. The molecule has 0 bridgehead atoms. The number of nitrogens with zero attached hydrogens (tertiary/aromatic N) is 5. The minimum Gasteiger partial charge on any atom is -0.374 e. The van der Waals surface area contributed by atoms with Gasteiger partial charge < -0.3 is 14.2 Å². The highest BCUT2D eigenvalue weighted by atomic mass is 19.4. The van der Waals surface area contributed by atoms with Crippen LogP contribution in [-0.4, -0.2) is 35.6 Å². The molecule has 1 N–H and O–H groups in total. The Balaban J connectivity index is 1.79. The third-order valence-electron chi connectivity index (χ3n) is 5.12. The Morgan fingerprint density at radius 1 is 1.00 bits per heavy atom. The van der Waals surface area contributed by atoms with Gasteiger partial charge in [-0.15, -0.1) is 10.2 Å². The zero-order chi connectivity index (χ0) is 22.1. The smallest absolute Gasteiger partial charge is 0.374 e. The van der Waals surface area contributed by atoms with Crippen LogP contribution in [0.15, 0.2) is 30.5 Å². The fourth-order valence-electron chi connectivity index (χ4n) is 3.49. The van der Waals surface area contributed by atoms with Crippen LogP contribution in [0, 0.1) is 0 Å². The molecule has 0 fully saturated rings. The van der Waals surface area contributed by atoms with Gasteiger partial charge in [0.1, 0.15) is 5.69 Å². The van der Waals surface area contributed by atoms with Gasteiger partial charge in [-0.1, -0.05) is 12.1 Å². The highest BCUT2D eigenvalue weighted by Crippen LogP contribution is 2.42. The summed E-state index contributed by atoms with van der Waals surface area (Å²) in [5.74, 6) is -0.0790. The highest BCUT2D eigenvalue weighted by molar-refractivity contribution is 5.62. The summed E-state index contributed by atoms with van der Waals surface area (Å²) in [7, 11) is 0. The molecule has 2 atom stereocenters. The quantitative estimate of drug-likeness (QED) is 0.619. The molecule has 3 heterocycles. The number of aliphatic hydroxyl groups is 1. The van der Waals surface area contributed by atoms with Gasteiger partial charge in [0.2, 0.25) is 5.60 Å². The van der Waals surface area contributed by atoms with Gasteiger partial charge in [0, 0.05) is 12.1 Å². The maximum absolute atomic E-state index is 13.3. The van der Waals surface area contributed by atoms with Crippen molar-refractivity contribution in [1.29, 1.82) is 0 Å². The van der Waals surface area contributed by atoms with Gasteiger partial charge in [0.25, 0.3) is 0 Å². The topological polar surface area (TPSA) is 68.8 Å². The summed E-state index contributed by atoms with van der Waals surface area (Å²) in [6, 6.07) is 3.81. The van der Waals surface area contributed by atoms with Gasteiger partial charge in [-0.2, -0.15) is 26.3 Å². The molecule has 0 spiro atoms. The summed E-state index contributed by atoms with van der Waals surface area (Å²) in [5.41, 5.74) is -3.38. The van der Waals surface area contributed by atoms with Crippen LogP contribution in [-0.2, 0) is 18.3 Å². The molecule has 0 aliphatic carbocycles. The first-order chi connectivity index (χ1) is 13.8. The Hall–Kier alpha value is -2.89. The van der Waals surface area contributed by atoms with Crippen molar-refractivity contribution in [3.05, 3.63) is 41.9 Å². The third kappa shape index (κ3) is 2.97. The number of hydrogen-bond donors (Lipinski definition) is 1. The fourth-order valence-corrected chi connectivity index (χ4v) is 3.49. The number of rotatable bonds is 2. The van der Waals surface area contributed by atoms with Crippen LogP contribution >= 0.6 is 0 Å². The Morgan fingerprint density at radius 3 is 2.17 bits per heavy atom. The van der Waals surface area contributed by atoms with E-state index in [9.17, 15) is 31.4 Å². The van der Waals surface area contributed by atoms with Gasteiger partial charge in [0.05, 0.1) is 17.8 Å². The number of hydrogen-bond acceptors (Lipinski definition) is 4. The Bertz CT molecular complexity index is 1090. The molecule has 3 aromatic rings. The normalized spacial score (nSPS) is 18.6. The van der Waals surface area contributed by atoms with Crippen LogP contribution in [0.4, 0.5) is 26.3 Å². The van der Waals surface area contributed by atoms with Gasteiger partial charge in [-0.25, -0.2) is 4.98 Å². The van der Waals surface area contributed by atoms with E-state index in [1.54, 1.807) is 11.5 Å². The van der Waals surface area contributed by atoms with Crippen molar-refractivity contribution < 1.29 is 31.4 Å². The largest absolute Gasteiger partial charge is 0.424 e. The van der Waals surface area contributed by atoms with Crippen molar-refractivity contribution in [2.75, 3.05) is 0 Å². The maximum Gasteiger partial charge on any atom is 0.424 e. The zero-order valence-corrected chi connectivity index (χ0v) is 15.6. The van der Waals surface area contributed by atoms with Crippen molar-refractivity contribution >= 4 is 0 Å². The first kappa shape index (κ1) is 20.4. The van der Waals surface area contributed by atoms with Crippen LogP contribution in [0.2, 0.25) is 0 Å². The van der Waals surface area contributed by atoms with Gasteiger partial charge >= 0.3 is 12.4 Å². The summed E-state index contributed by atoms with van der Waals surface area (Å²) in [6.07, 6.45) is -8.25. The first-order valence-corrected chi connectivity index (χ1v) is 8.80. The maximum atomic E-state index is 13.3. The average molecular weight is 431 g/mol. The molecule has 0 saturated carbocycles. The molecule has 4 rings (SSSR count). The van der Waals surface area contributed by atoms with E-state index >= 15 is 0 Å². The van der Waals surface area contributed by atoms with Crippen molar-refractivity contribution in [2.24, 2.45) is 0 Å². The van der Waals surface area contributed by atoms with Crippen LogP contribution in [0.1, 0.15) is 31.3 Å². The minimum absolute atomic E-state index is 0.142. The van der Waals surface area contributed by atoms with E-state index < -0.39 is 35.4 Å². The van der Waals surface area contributed by atoms with E-state index in [0.717, 1.165) is 12.1 Å². The minimum atomic E-state index is -4.94. The van der Waals surface area contributed by atoms with Crippen LogP contribution in [0.3, 0.4) is 0 Å². The molecular weight excluding hydrogens is 416 g/mol. The molecule has 1 aromatic carbocycles. The Morgan fingerprint density at radius 2 is 1.60 bits per heavy atom. The predicted molar refractivity (Wildman–Crippen MR) is 92.0 cm³/mol. The second-order valence-corrected chi connectivity index (χ2v) is 7.29. The summed E-state index contributed by atoms with van der Waals surface area (Å²) in [6.45, 7) is 2.41. The van der Waals surface area contributed by atoms with Crippen molar-refractivity contribution in [2.45, 2.75) is 44.4 Å². The standard InChI is InChI=1S/C18H15F6N5O/c1-9-8-28-13(10-3-5-11(6-4-10)17(19,20)21)26-27-14(28)12-7-25-15(29(9)12)16(2,30)18(22,23)24/h3-7,9,30H,8H2,1-2H3/t9-,16?/m0/s1. The fraction of sp³-hybridized carbons (Fsp3) is 0.389. The summed E-state index contributed by atoms with van der Waals surface area (Å²) < 4.78 is 81.2. The van der Waals surface area contributed by atoms with Crippen LogP contribution in [0.5, 0.6) is 0 Å². The lowest BCUT2D eigenvalue weighted by molar-refractivity contribution is -0.262. The molecule has 1 aliphatic rings. The van der Waals surface area contributed by atoms with Gasteiger partial charge in [-0.3, -0.25) is 0 Å². The van der Waals surface area contributed by atoms with Crippen molar-refractivity contribution in [1.82, 2.24) is 24.3 Å². The number of fused-ring (bicyclic) bond motifs is 3. The first-order valence-electron chi connectivity index (χ1n) is 8.80. The van der Waals surface area contributed by atoms with Gasteiger partial charge in [-0.05, 0) is 26.0 Å². The molecule has 0 saturated heterocycles. The molecule has 1 unspecified atom stereocenters. The van der Waals surface area contributed by atoms with E-state index in [0.29, 0.717) is 12.5 Å². The zero-order valence-electron chi connectivity index (χ0n) is 15.6. The van der Waals surface area contributed by atoms with Crippen molar-refractivity contribution in [3.8, 4) is 22.9 Å². The lowest BCUT2D eigenvalue weighted by Gasteiger charge is -2.31. The number of halogens is 6. The monoisotopic (exact) mass is 431 g/mol. The summed E-state index contributed by atoms with van der Waals surface area (Å²) >= 11 is 0. The highest BCUT2D eigenvalue weighted by Gasteiger charge is 2.55. The molecule has 12 heteroatoms. The molecule has 0 amide bonds. The number of imidazole rings is 1. The summed E-state index contributed by atoms with van der Waals surface area (Å²) in [5, 5.41) is 18.1. The Labute approximate surface area is 165 Å². The van der Waals surface area contributed by atoms with Crippen LogP contribution < -0.4 is 0 Å². The Kier molecular flexibility index (Phi) is 4.28. The van der Waals surface area contributed by atoms with E-state index in [1.807, 2.05) is 0 Å². The molecular formula is C18H15F6N5O. The number of aromatic nitrogens is 5. The van der Waals surface area contributed by atoms with E-state index in [2.05, 4.69) is 15.2 Å². The number of benzene rings is 1. The summed E-state index contributed by atoms with van der Waals surface area (Å²) in [4.78, 5) is 3.79. The van der Waals surface area contributed by atoms with Crippen molar-refractivity contribution in [3.63, 3.8) is 0 Å². The average Bonchev–Trinajstić information content (AvgIpc) is 3.24. The lowest BCUT2D eigenvalue weighted by Crippen LogP contribution is -2.42. The third-order valence-corrected chi connectivity index (χ3v) is 5.12. The molecule has 0 radical (unpaired) electrons. The lowest BCUT2D eigenvalue weighted by atomic mass is 10.0. The van der Waals surface area contributed by atoms with E-state index in [-0.39, 0.29) is 23.9 Å².